The summed E-state index contributed by atoms with van der Waals surface area (Å²) in [6, 6.07) is -2.67. The summed E-state index contributed by atoms with van der Waals surface area (Å²) in [6.45, 7) is -0.753. The molecule has 8 N–H and O–H groups in total. The van der Waals surface area contributed by atoms with Crippen LogP contribution < -0.4 is 16.4 Å². The molecule has 158 valence electrons. The predicted molar refractivity (Wildman–Crippen MR) is 93.6 cm³/mol. The molecule has 28 heavy (non-hydrogen) atoms. The molecule has 0 fully saturated rings. The van der Waals surface area contributed by atoms with Crippen LogP contribution in [-0.4, -0.2) is 85.7 Å². The van der Waals surface area contributed by atoms with Crippen LogP contribution in [0.5, 0.6) is 0 Å². The molecule has 0 aliphatic carbocycles. The molecule has 0 aromatic carbocycles. The van der Waals surface area contributed by atoms with Gasteiger partial charge in [-0.15, -0.1) is 11.8 Å². The Morgan fingerprint density at radius 2 is 1.54 bits per heavy atom. The molecule has 0 spiro atoms. The van der Waals surface area contributed by atoms with Gasteiger partial charge in [-0.1, -0.05) is 0 Å². The lowest BCUT2D eigenvalue weighted by molar-refractivity contribution is -0.142. The van der Waals surface area contributed by atoms with Crippen LogP contribution in [-0.2, 0) is 28.8 Å². The Morgan fingerprint density at radius 1 is 0.929 bits per heavy atom. The second kappa shape index (κ2) is 12.5. The van der Waals surface area contributed by atoms with Gasteiger partial charge in [0.2, 0.25) is 11.8 Å². The van der Waals surface area contributed by atoms with Crippen molar-refractivity contribution in [1.82, 2.24) is 10.6 Å². The second-order valence-corrected chi connectivity index (χ2v) is 6.71. The molecule has 3 atom stereocenters. The third-order valence-corrected chi connectivity index (χ3v) is 4.46. The Labute approximate surface area is 162 Å². The van der Waals surface area contributed by atoms with Crippen LogP contribution in [0.3, 0.4) is 0 Å². The van der Waals surface area contributed by atoms with Crippen LogP contribution in [0.25, 0.3) is 0 Å². The average molecular weight is 423 g/mol. The Kier molecular flexibility index (Phi) is 11.2. The zero-order valence-corrected chi connectivity index (χ0v) is 15.3. The number of carbonyl (C=O) groups excluding carboxylic acids is 2. The van der Waals surface area contributed by atoms with Crippen molar-refractivity contribution >= 4 is 47.5 Å². The van der Waals surface area contributed by atoms with Crippen LogP contribution in [0.4, 0.5) is 0 Å². The van der Waals surface area contributed by atoms with Gasteiger partial charge in [0.1, 0.15) is 23.9 Å². The quantitative estimate of drug-likeness (QED) is 0.154. The predicted octanol–water partition coefficient (Wildman–Crippen LogP) is -2.47. The maximum atomic E-state index is 12.0. The third-order valence-electron chi connectivity index (χ3n) is 3.16. The minimum Gasteiger partial charge on any atom is -0.481 e. The summed E-state index contributed by atoms with van der Waals surface area (Å²) in [5.74, 6) is -7.53. The SMILES string of the molecule is N[C@@H](CCC(=O)N[C@@H](CSC(CC(=O)O)C(=O)O)C(=O)NCC(=O)O)C(=O)O. The zero-order chi connectivity index (χ0) is 21.9. The van der Waals surface area contributed by atoms with Crippen LogP contribution in [0.1, 0.15) is 19.3 Å². The second-order valence-electron chi connectivity index (χ2n) is 5.47. The van der Waals surface area contributed by atoms with Crippen molar-refractivity contribution in [3.05, 3.63) is 0 Å². The highest BCUT2D eigenvalue weighted by Crippen LogP contribution is 2.17. The van der Waals surface area contributed by atoms with Crippen LogP contribution >= 0.6 is 11.8 Å². The van der Waals surface area contributed by atoms with Gasteiger partial charge in [0.15, 0.2) is 0 Å². The molecule has 2 amide bonds. The van der Waals surface area contributed by atoms with E-state index >= 15 is 0 Å². The zero-order valence-electron chi connectivity index (χ0n) is 14.5. The number of amides is 2. The number of carbonyl (C=O) groups is 6. The largest absolute Gasteiger partial charge is 0.481 e. The van der Waals surface area contributed by atoms with E-state index in [1.807, 2.05) is 5.32 Å². The lowest BCUT2D eigenvalue weighted by atomic mass is 10.1. The van der Waals surface area contributed by atoms with E-state index in [-0.39, 0.29) is 18.6 Å². The maximum Gasteiger partial charge on any atom is 0.322 e. The number of nitrogens with one attached hydrogen (secondary N) is 2. The molecule has 0 rings (SSSR count). The first-order chi connectivity index (χ1) is 12.9. The van der Waals surface area contributed by atoms with E-state index in [2.05, 4.69) is 5.32 Å². The van der Waals surface area contributed by atoms with Gasteiger partial charge in [0, 0.05) is 12.2 Å². The van der Waals surface area contributed by atoms with Crippen molar-refractivity contribution in [2.24, 2.45) is 5.73 Å². The number of nitrogens with two attached hydrogens (primary N) is 1. The number of aliphatic carboxylic acids is 4. The smallest absolute Gasteiger partial charge is 0.322 e. The molecule has 0 saturated carbocycles. The summed E-state index contributed by atoms with van der Waals surface area (Å²) >= 11 is 0.578. The molecule has 0 bridgehead atoms. The monoisotopic (exact) mass is 423 g/mol. The van der Waals surface area contributed by atoms with E-state index in [1.54, 1.807) is 0 Å². The van der Waals surface area contributed by atoms with E-state index in [0.717, 1.165) is 0 Å². The van der Waals surface area contributed by atoms with E-state index in [1.165, 1.54) is 0 Å². The molecule has 0 aromatic heterocycles. The summed E-state index contributed by atoms with van der Waals surface area (Å²) < 4.78 is 0. The number of carboxylic acid groups (broad SMARTS) is 4. The molecule has 0 aromatic rings. The van der Waals surface area contributed by atoms with Gasteiger partial charge in [-0.3, -0.25) is 28.8 Å². The maximum absolute atomic E-state index is 12.0. The van der Waals surface area contributed by atoms with Crippen molar-refractivity contribution < 1.29 is 49.2 Å². The van der Waals surface area contributed by atoms with Crippen LogP contribution in [0, 0.1) is 0 Å². The number of carboxylic acids is 4. The first-order valence-corrected chi connectivity index (χ1v) is 8.82. The van der Waals surface area contributed by atoms with Gasteiger partial charge >= 0.3 is 23.9 Å². The number of rotatable bonds is 14. The third kappa shape index (κ3) is 11.0. The van der Waals surface area contributed by atoms with Crippen molar-refractivity contribution in [1.29, 1.82) is 0 Å². The Balaban J connectivity index is 4.98. The van der Waals surface area contributed by atoms with Crippen molar-refractivity contribution in [3.8, 4) is 0 Å². The van der Waals surface area contributed by atoms with E-state index in [4.69, 9.17) is 26.2 Å². The van der Waals surface area contributed by atoms with Crippen LogP contribution in [0.15, 0.2) is 0 Å². The molecule has 0 heterocycles. The van der Waals surface area contributed by atoms with E-state index in [0.29, 0.717) is 11.8 Å². The highest BCUT2D eigenvalue weighted by atomic mass is 32.2. The van der Waals surface area contributed by atoms with E-state index < -0.39 is 66.0 Å². The topological polar surface area (TPSA) is 233 Å². The van der Waals surface area contributed by atoms with Gasteiger partial charge in [-0.05, 0) is 6.42 Å². The van der Waals surface area contributed by atoms with Crippen LogP contribution in [0.2, 0.25) is 0 Å². The first kappa shape index (κ1) is 25.1. The Morgan fingerprint density at radius 3 is 2.00 bits per heavy atom. The minimum absolute atomic E-state index is 0.228. The van der Waals surface area contributed by atoms with Gasteiger partial charge < -0.3 is 36.8 Å². The fourth-order valence-electron chi connectivity index (χ4n) is 1.73. The molecule has 0 saturated heterocycles. The van der Waals surface area contributed by atoms with Gasteiger partial charge in [0.05, 0.1) is 6.42 Å². The fraction of sp³-hybridized carbons (Fsp3) is 0.571. The standard InChI is InChI=1S/C14H21N3O10S/c15-6(13(24)25)1-2-9(18)17-7(12(23)16-4-11(21)22)5-28-8(14(26)27)3-10(19)20/h6-8H,1-5,15H2,(H,16,23)(H,17,18)(H,19,20)(H,21,22)(H,24,25)(H,26,27)/t6-,7-,8?/m0/s1. The highest BCUT2D eigenvalue weighted by Gasteiger charge is 2.27. The number of hydrogen-bond acceptors (Lipinski definition) is 8. The summed E-state index contributed by atoms with van der Waals surface area (Å²) in [5.41, 5.74) is 5.27. The highest BCUT2D eigenvalue weighted by molar-refractivity contribution is 8.00. The molecular weight excluding hydrogens is 402 g/mol. The summed E-state index contributed by atoms with van der Waals surface area (Å²) in [6.07, 6.45) is -1.31. The summed E-state index contributed by atoms with van der Waals surface area (Å²) in [7, 11) is 0. The normalized spacial score (nSPS) is 13.6. The number of hydrogen-bond donors (Lipinski definition) is 7. The van der Waals surface area contributed by atoms with E-state index in [9.17, 15) is 28.8 Å². The summed E-state index contributed by atoms with van der Waals surface area (Å²) in [4.78, 5) is 66.9. The van der Waals surface area contributed by atoms with Crippen molar-refractivity contribution in [2.75, 3.05) is 12.3 Å². The molecular formula is C14H21N3O10S. The molecule has 0 aliphatic rings. The average Bonchev–Trinajstić information content (AvgIpc) is 2.58. The molecule has 1 unspecified atom stereocenters. The molecule has 13 nitrogen and oxygen atoms in total. The Bertz CT molecular complexity index is 626. The lowest BCUT2D eigenvalue weighted by Crippen LogP contribution is -2.50. The minimum atomic E-state index is -1.43. The van der Waals surface area contributed by atoms with Crippen molar-refractivity contribution in [3.63, 3.8) is 0 Å². The van der Waals surface area contributed by atoms with Gasteiger partial charge in [-0.25, -0.2) is 0 Å². The Hall–Kier alpha value is -2.87. The van der Waals surface area contributed by atoms with Gasteiger partial charge in [0.25, 0.3) is 0 Å². The number of thioether (sulfide) groups is 1. The fourth-order valence-corrected chi connectivity index (χ4v) is 2.80. The molecule has 0 aliphatic heterocycles. The molecule has 0 radical (unpaired) electrons. The summed E-state index contributed by atoms with van der Waals surface area (Å²) in [5, 5.41) is 37.8. The molecule has 14 heteroatoms. The lowest BCUT2D eigenvalue weighted by Gasteiger charge is -2.19. The first-order valence-electron chi connectivity index (χ1n) is 7.77. The van der Waals surface area contributed by atoms with Gasteiger partial charge in [-0.2, -0.15) is 0 Å². The van der Waals surface area contributed by atoms with Crippen molar-refractivity contribution in [2.45, 2.75) is 36.6 Å².